The average molecular weight is 469 g/mol. The molecule has 8 nitrogen and oxygen atoms in total. The second-order valence-electron chi connectivity index (χ2n) is 7.85. The Morgan fingerprint density at radius 3 is 2.91 bits per heavy atom. The molecule has 172 valence electrons. The smallest absolute Gasteiger partial charge is 0.340 e. The van der Waals surface area contributed by atoms with E-state index in [0.717, 1.165) is 24.9 Å². The van der Waals surface area contributed by atoms with E-state index in [4.69, 9.17) is 20.9 Å². The molecule has 1 aliphatic heterocycles. The third-order valence-corrected chi connectivity index (χ3v) is 5.70. The van der Waals surface area contributed by atoms with E-state index in [1.807, 2.05) is 12.1 Å². The van der Waals surface area contributed by atoms with E-state index >= 15 is 0 Å². The van der Waals surface area contributed by atoms with Crippen LogP contribution in [0, 0.1) is 5.92 Å². The van der Waals surface area contributed by atoms with E-state index in [2.05, 4.69) is 20.4 Å². The van der Waals surface area contributed by atoms with Crippen LogP contribution >= 0.6 is 11.6 Å². The van der Waals surface area contributed by atoms with Gasteiger partial charge in [0, 0.05) is 17.1 Å². The van der Waals surface area contributed by atoms with E-state index in [9.17, 15) is 9.59 Å². The molecule has 0 saturated carbocycles. The SMILES string of the molecule is CCOC(=O)c1ccccc1NC(=O)C1CCCN(Cc2nc(-c3cccc(Cl)c3)no2)C1. The van der Waals surface area contributed by atoms with Crippen LogP contribution in [-0.4, -0.2) is 46.6 Å². The molecule has 0 radical (unpaired) electrons. The van der Waals surface area contributed by atoms with Crippen LogP contribution in [0.25, 0.3) is 11.4 Å². The van der Waals surface area contributed by atoms with Crippen molar-refractivity contribution in [3.05, 3.63) is 65.0 Å². The van der Waals surface area contributed by atoms with Gasteiger partial charge >= 0.3 is 5.97 Å². The van der Waals surface area contributed by atoms with Crippen LogP contribution in [0.15, 0.2) is 53.1 Å². The van der Waals surface area contributed by atoms with Crippen LogP contribution < -0.4 is 5.32 Å². The first-order valence-electron chi connectivity index (χ1n) is 10.9. The minimum atomic E-state index is -0.453. The van der Waals surface area contributed by atoms with Gasteiger partial charge in [0.15, 0.2) is 0 Å². The van der Waals surface area contributed by atoms with Gasteiger partial charge in [-0.1, -0.05) is 41.0 Å². The molecule has 1 unspecified atom stereocenters. The fraction of sp³-hybridized carbons (Fsp3) is 0.333. The molecule has 0 aliphatic carbocycles. The predicted molar refractivity (Wildman–Crippen MR) is 124 cm³/mol. The quantitative estimate of drug-likeness (QED) is 0.512. The third-order valence-electron chi connectivity index (χ3n) is 5.47. The van der Waals surface area contributed by atoms with Crippen molar-refractivity contribution in [2.45, 2.75) is 26.3 Å². The lowest BCUT2D eigenvalue weighted by molar-refractivity contribution is -0.121. The van der Waals surface area contributed by atoms with Gasteiger partial charge in [0.05, 0.1) is 30.3 Å². The molecule has 1 saturated heterocycles. The zero-order chi connectivity index (χ0) is 23.2. The highest BCUT2D eigenvalue weighted by Crippen LogP contribution is 2.24. The van der Waals surface area contributed by atoms with Gasteiger partial charge in [-0.2, -0.15) is 4.98 Å². The number of amides is 1. The molecular weight excluding hydrogens is 444 g/mol. The Bertz CT molecular complexity index is 1130. The van der Waals surface area contributed by atoms with Gasteiger partial charge in [-0.3, -0.25) is 9.69 Å². The fourth-order valence-electron chi connectivity index (χ4n) is 3.88. The summed E-state index contributed by atoms with van der Waals surface area (Å²) in [5.74, 6) is 0.171. The lowest BCUT2D eigenvalue weighted by Crippen LogP contribution is -2.40. The summed E-state index contributed by atoms with van der Waals surface area (Å²) in [6.07, 6.45) is 1.63. The Hall–Kier alpha value is -3.23. The zero-order valence-electron chi connectivity index (χ0n) is 18.3. The summed E-state index contributed by atoms with van der Waals surface area (Å²) in [5, 5.41) is 7.56. The molecule has 1 fully saturated rings. The monoisotopic (exact) mass is 468 g/mol. The summed E-state index contributed by atoms with van der Waals surface area (Å²) < 4.78 is 10.5. The van der Waals surface area contributed by atoms with Gasteiger partial charge in [0.2, 0.25) is 17.6 Å². The van der Waals surface area contributed by atoms with Crippen LogP contribution in [0.5, 0.6) is 0 Å². The predicted octanol–water partition coefficient (Wildman–Crippen LogP) is 4.42. The van der Waals surface area contributed by atoms with E-state index in [0.29, 0.717) is 41.1 Å². The Balaban J connectivity index is 1.38. The highest BCUT2D eigenvalue weighted by molar-refractivity contribution is 6.30. The molecule has 4 rings (SSSR count). The molecule has 33 heavy (non-hydrogen) atoms. The number of hydrogen-bond acceptors (Lipinski definition) is 7. The first-order chi connectivity index (χ1) is 16.0. The van der Waals surface area contributed by atoms with Crippen molar-refractivity contribution in [2.24, 2.45) is 5.92 Å². The highest BCUT2D eigenvalue weighted by atomic mass is 35.5. The number of hydrogen-bond donors (Lipinski definition) is 1. The van der Waals surface area contributed by atoms with Crippen molar-refractivity contribution in [1.82, 2.24) is 15.0 Å². The number of aromatic nitrogens is 2. The maximum Gasteiger partial charge on any atom is 0.340 e. The maximum absolute atomic E-state index is 13.0. The van der Waals surface area contributed by atoms with Gasteiger partial charge in [-0.25, -0.2) is 4.79 Å². The average Bonchev–Trinajstić information content (AvgIpc) is 3.28. The number of benzene rings is 2. The first-order valence-corrected chi connectivity index (χ1v) is 11.3. The van der Waals surface area contributed by atoms with Crippen molar-refractivity contribution in [2.75, 3.05) is 25.0 Å². The maximum atomic E-state index is 13.0. The Labute approximate surface area is 196 Å². The van der Waals surface area contributed by atoms with Crippen molar-refractivity contribution >= 4 is 29.2 Å². The van der Waals surface area contributed by atoms with E-state index in [-0.39, 0.29) is 18.4 Å². The second kappa shape index (κ2) is 10.6. The van der Waals surface area contributed by atoms with E-state index in [1.165, 1.54) is 0 Å². The number of para-hydroxylation sites is 1. The molecule has 1 aliphatic rings. The number of rotatable bonds is 7. The van der Waals surface area contributed by atoms with Gasteiger partial charge in [0.25, 0.3) is 0 Å². The van der Waals surface area contributed by atoms with Crippen molar-refractivity contribution < 1.29 is 18.8 Å². The number of anilines is 1. The lowest BCUT2D eigenvalue weighted by atomic mass is 9.97. The van der Waals surface area contributed by atoms with Crippen LogP contribution in [-0.2, 0) is 16.1 Å². The first kappa shape index (κ1) is 22.9. The summed E-state index contributed by atoms with van der Waals surface area (Å²) in [6, 6.07) is 14.2. The second-order valence-corrected chi connectivity index (χ2v) is 8.29. The minimum absolute atomic E-state index is 0.124. The van der Waals surface area contributed by atoms with Crippen molar-refractivity contribution in [1.29, 1.82) is 0 Å². The van der Waals surface area contributed by atoms with Crippen LogP contribution in [0.2, 0.25) is 5.02 Å². The van der Waals surface area contributed by atoms with Gasteiger partial charge < -0.3 is 14.6 Å². The Morgan fingerprint density at radius 1 is 1.24 bits per heavy atom. The molecule has 1 N–H and O–H groups in total. The van der Waals surface area contributed by atoms with Gasteiger partial charge in [-0.05, 0) is 50.6 Å². The van der Waals surface area contributed by atoms with Gasteiger partial charge in [0.1, 0.15) is 0 Å². The number of halogens is 1. The largest absolute Gasteiger partial charge is 0.462 e. The molecule has 0 bridgehead atoms. The molecule has 1 aromatic heterocycles. The lowest BCUT2D eigenvalue weighted by Gasteiger charge is -2.31. The summed E-state index contributed by atoms with van der Waals surface area (Å²) in [5.41, 5.74) is 1.59. The molecule has 3 aromatic rings. The fourth-order valence-corrected chi connectivity index (χ4v) is 4.07. The molecule has 2 aromatic carbocycles. The van der Waals surface area contributed by atoms with E-state index in [1.54, 1.807) is 43.3 Å². The van der Waals surface area contributed by atoms with Crippen molar-refractivity contribution in [3.63, 3.8) is 0 Å². The molecule has 1 atom stereocenters. The zero-order valence-corrected chi connectivity index (χ0v) is 19.0. The highest BCUT2D eigenvalue weighted by Gasteiger charge is 2.28. The normalized spacial score (nSPS) is 16.4. The number of likely N-dealkylation sites (tertiary alicyclic amines) is 1. The molecular formula is C24H25ClN4O4. The number of carbonyl (C=O) groups is 2. The topological polar surface area (TPSA) is 97.6 Å². The van der Waals surface area contributed by atoms with E-state index < -0.39 is 5.97 Å². The molecule has 1 amide bonds. The number of piperidine rings is 1. The van der Waals surface area contributed by atoms with Gasteiger partial charge in [-0.15, -0.1) is 0 Å². The van der Waals surface area contributed by atoms with Crippen LogP contribution in [0.4, 0.5) is 5.69 Å². The Kier molecular flexibility index (Phi) is 7.36. The number of ether oxygens (including phenoxy) is 1. The number of esters is 1. The number of carbonyl (C=O) groups excluding carboxylic acids is 2. The molecule has 2 heterocycles. The molecule has 0 spiro atoms. The minimum Gasteiger partial charge on any atom is -0.462 e. The van der Waals surface area contributed by atoms with Crippen molar-refractivity contribution in [3.8, 4) is 11.4 Å². The van der Waals surface area contributed by atoms with Crippen LogP contribution in [0.1, 0.15) is 36.0 Å². The summed E-state index contributed by atoms with van der Waals surface area (Å²) in [6.45, 7) is 3.86. The summed E-state index contributed by atoms with van der Waals surface area (Å²) >= 11 is 6.05. The standard InChI is InChI=1S/C24H25ClN4O4/c1-2-32-24(31)19-10-3-4-11-20(19)26-23(30)17-8-6-12-29(14-17)15-21-27-22(28-33-21)16-7-5-9-18(25)13-16/h3-5,7,9-11,13,17H,2,6,8,12,14-15H2,1H3,(H,26,30). The third kappa shape index (κ3) is 5.77. The number of nitrogens with zero attached hydrogens (tertiary/aromatic N) is 3. The summed E-state index contributed by atoms with van der Waals surface area (Å²) in [4.78, 5) is 31.8. The number of nitrogens with one attached hydrogen (secondary N) is 1. The van der Waals surface area contributed by atoms with Crippen LogP contribution in [0.3, 0.4) is 0 Å². The Morgan fingerprint density at radius 2 is 2.09 bits per heavy atom. The molecule has 9 heteroatoms. The summed E-state index contributed by atoms with van der Waals surface area (Å²) in [7, 11) is 0.